The molecular formula is C57H50N3OPt-. The number of hydrogen-bond acceptors (Lipinski definition) is 3. The van der Waals surface area contributed by atoms with Gasteiger partial charge in [-0.1, -0.05) is 173 Å². The number of benzene rings is 7. The second-order valence-electron chi connectivity index (χ2n) is 17.3. The molecule has 9 aromatic rings. The van der Waals surface area contributed by atoms with Crippen LogP contribution in [0.1, 0.15) is 71.9 Å². The van der Waals surface area contributed by atoms with Crippen LogP contribution in [0.3, 0.4) is 0 Å². The van der Waals surface area contributed by atoms with Crippen LogP contribution in [0.5, 0.6) is 5.75 Å². The van der Waals surface area contributed by atoms with E-state index in [0.29, 0.717) is 33.5 Å². The summed E-state index contributed by atoms with van der Waals surface area (Å²) in [5.74, 6) is 0.514. The number of phenols is 1. The van der Waals surface area contributed by atoms with Gasteiger partial charge in [-0.3, -0.25) is 9.55 Å². The van der Waals surface area contributed by atoms with Gasteiger partial charge in [-0.15, -0.1) is 29.3 Å². The fourth-order valence-corrected chi connectivity index (χ4v) is 7.79. The van der Waals surface area contributed by atoms with E-state index in [-0.39, 0.29) is 49.1 Å². The molecule has 1 N–H and O–H groups in total. The Labute approximate surface area is 394 Å². The summed E-state index contributed by atoms with van der Waals surface area (Å²) in [6.07, 6.45) is -0.589. The Morgan fingerprint density at radius 1 is 0.613 bits per heavy atom. The fraction of sp³-hybridized carbons (Fsp3) is 0.158. The molecule has 62 heavy (non-hydrogen) atoms. The summed E-state index contributed by atoms with van der Waals surface area (Å²) in [5, 5.41) is 11.6. The molecule has 0 aliphatic rings. The molecule has 0 fully saturated rings. The van der Waals surface area contributed by atoms with Gasteiger partial charge in [-0.2, -0.15) is 0 Å². The molecule has 0 atom stereocenters. The van der Waals surface area contributed by atoms with Gasteiger partial charge in [0.05, 0.1) is 31.9 Å². The first-order valence-electron chi connectivity index (χ1n) is 25.2. The van der Waals surface area contributed by atoms with Gasteiger partial charge in [0, 0.05) is 42.6 Å². The first-order chi connectivity index (χ1) is 33.5. The van der Waals surface area contributed by atoms with E-state index in [1.165, 1.54) is 0 Å². The summed E-state index contributed by atoms with van der Waals surface area (Å²) in [6.45, 7) is 9.73. The maximum absolute atomic E-state index is 11.6. The smallest absolute Gasteiger partial charge is 0.148 e. The number of rotatable bonds is 7. The largest absolute Gasteiger partial charge is 0.507 e. The SMILES string of the molecule is [2H]c1nc(-c2[c-]c(-c3cccc4c3nc(-c3ccccc3O)n4-c3cc(-c4ccccc4)c(C(C)(C)C)cc3-c3ccccc3)cc(C(C)(C)C)c2)c([2H])c(-c2c([2H])c([2H])c(C([2H])([2H])[2H])c([2H])c2[2H])c1[2H].[Pt]. The number of para-hydroxylation sites is 2. The second kappa shape index (κ2) is 16.8. The molecule has 7 aromatic carbocycles. The Morgan fingerprint density at radius 2 is 1.26 bits per heavy atom. The molecule has 4 nitrogen and oxygen atoms in total. The van der Waals surface area contributed by atoms with E-state index in [1.807, 2.05) is 93.6 Å². The van der Waals surface area contributed by atoms with Crippen LogP contribution in [0.25, 0.3) is 83.9 Å². The number of fused-ring (bicyclic) bond motifs is 1. The van der Waals surface area contributed by atoms with Crippen LogP contribution in [0.4, 0.5) is 0 Å². The molecule has 0 amide bonds. The van der Waals surface area contributed by atoms with Gasteiger partial charge in [0.2, 0.25) is 0 Å². The Morgan fingerprint density at radius 3 is 1.92 bits per heavy atom. The van der Waals surface area contributed by atoms with Gasteiger partial charge in [-0.25, -0.2) is 4.98 Å². The fourth-order valence-electron chi connectivity index (χ4n) is 7.79. The maximum atomic E-state index is 11.6. The number of hydrogen-bond donors (Lipinski definition) is 1. The molecule has 0 saturated carbocycles. The molecule has 0 bridgehead atoms. The molecule has 0 aliphatic carbocycles. The minimum Gasteiger partial charge on any atom is -0.507 e. The van der Waals surface area contributed by atoms with Crippen LogP contribution < -0.4 is 0 Å². The van der Waals surface area contributed by atoms with E-state index in [4.69, 9.17) is 17.3 Å². The van der Waals surface area contributed by atoms with Crippen molar-refractivity contribution in [1.29, 1.82) is 0 Å². The zero-order valence-electron chi connectivity index (χ0n) is 45.2. The molecule has 0 aliphatic heterocycles. The Kier molecular flexibility index (Phi) is 8.55. The van der Waals surface area contributed by atoms with Crippen molar-refractivity contribution in [1.82, 2.24) is 14.5 Å². The Balaban J connectivity index is 0.00000693. The van der Waals surface area contributed by atoms with Crippen molar-refractivity contribution in [2.75, 3.05) is 0 Å². The number of pyridine rings is 1. The number of nitrogens with zero attached hydrogens (tertiary/aromatic N) is 3. The van der Waals surface area contributed by atoms with E-state index >= 15 is 0 Å². The summed E-state index contributed by atoms with van der Waals surface area (Å²) in [7, 11) is 0. The van der Waals surface area contributed by atoms with E-state index in [1.54, 1.807) is 18.2 Å². The molecule has 0 radical (unpaired) electrons. The third-order valence-electron chi connectivity index (χ3n) is 10.9. The van der Waals surface area contributed by atoms with Gasteiger partial charge < -0.3 is 5.11 Å². The van der Waals surface area contributed by atoms with Crippen molar-refractivity contribution >= 4 is 11.0 Å². The van der Waals surface area contributed by atoms with Gasteiger partial charge in [-0.05, 0) is 87.4 Å². The van der Waals surface area contributed by atoms with Crippen LogP contribution in [-0.4, -0.2) is 19.6 Å². The molecule has 2 heterocycles. The summed E-state index contributed by atoms with van der Waals surface area (Å²) < 4.78 is 88.0. The standard InChI is InChI=1S/C57H50N3O.Pt/c1-37-25-27-38(28-26-37)41-29-30-58-50(34-41)43-31-42(32-44(33-43)56(2,3)4)45-22-16-23-51-54(45)59-55(46-21-14-15-24-53(46)61)60(51)52-36-47(39-17-10-8-11-18-39)49(57(5,6)7)35-48(52)40-19-12-9-13-20-40;/h8-30,32-36,61H,1-7H3;/q-1;/i1D3,25D,26D,27D,28D,29D,30D,34D;. The van der Waals surface area contributed by atoms with Crippen molar-refractivity contribution in [3.63, 3.8) is 0 Å². The molecule has 310 valence electrons. The average Bonchev–Trinajstić information content (AvgIpc) is 3.71. The molecule has 9 rings (SSSR count). The summed E-state index contributed by atoms with van der Waals surface area (Å²) >= 11 is 0. The van der Waals surface area contributed by atoms with Crippen LogP contribution in [-0.2, 0) is 31.9 Å². The molecular weight excluding hydrogens is 938 g/mol. The van der Waals surface area contributed by atoms with E-state index in [2.05, 4.69) is 72.8 Å². The van der Waals surface area contributed by atoms with Crippen molar-refractivity contribution in [3.05, 3.63) is 193 Å². The van der Waals surface area contributed by atoms with Crippen molar-refractivity contribution in [3.8, 4) is 78.6 Å². The average molecular weight is 998 g/mol. The predicted molar refractivity (Wildman–Crippen MR) is 254 cm³/mol. The first-order valence-corrected chi connectivity index (χ1v) is 20.2. The molecule has 0 unspecified atom stereocenters. The van der Waals surface area contributed by atoms with Gasteiger partial charge in [0.15, 0.2) is 0 Å². The Hall–Kier alpha value is -6.35. The quantitative estimate of drug-likeness (QED) is 0.162. The van der Waals surface area contributed by atoms with E-state index < -0.39 is 65.8 Å². The van der Waals surface area contributed by atoms with Gasteiger partial charge in [0.25, 0.3) is 0 Å². The number of aromatic hydroxyl groups is 1. The second-order valence-corrected chi connectivity index (χ2v) is 17.3. The van der Waals surface area contributed by atoms with E-state index in [9.17, 15) is 6.48 Å². The maximum Gasteiger partial charge on any atom is 0.148 e. The molecule has 5 heteroatoms. The van der Waals surface area contributed by atoms with Gasteiger partial charge >= 0.3 is 0 Å². The number of aromatic nitrogens is 3. The van der Waals surface area contributed by atoms with Gasteiger partial charge in [0.1, 0.15) is 11.6 Å². The third kappa shape index (κ3) is 8.20. The molecule has 0 spiro atoms. The zero-order chi connectivity index (χ0) is 51.1. The van der Waals surface area contributed by atoms with Crippen LogP contribution in [0, 0.1) is 12.9 Å². The molecule has 0 saturated heterocycles. The Bertz CT molecular complexity index is 3550. The van der Waals surface area contributed by atoms with Crippen molar-refractivity contribution in [2.24, 2.45) is 0 Å². The predicted octanol–water partition coefficient (Wildman–Crippen LogP) is 14.8. The third-order valence-corrected chi connectivity index (χ3v) is 10.9. The minimum atomic E-state index is -2.97. The van der Waals surface area contributed by atoms with Crippen molar-refractivity contribution in [2.45, 2.75) is 59.2 Å². The monoisotopic (exact) mass is 997 g/mol. The number of imidazole rings is 1. The summed E-state index contributed by atoms with van der Waals surface area (Å²) in [4.78, 5) is 9.83. The van der Waals surface area contributed by atoms with E-state index in [0.717, 1.165) is 39.1 Å². The van der Waals surface area contributed by atoms with Crippen LogP contribution in [0.15, 0.2) is 170 Å². The molecule has 2 aromatic heterocycles. The zero-order valence-corrected chi connectivity index (χ0v) is 37.5. The van der Waals surface area contributed by atoms with Crippen LogP contribution >= 0.6 is 0 Å². The van der Waals surface area contributed by atoms with Crippen molar-refractivity contribution < 1.29 is 39.9 Å². The minimum absolute atomic E-state index is 0. The number of phenolic OH excluding ortho intramolecular Hbond substituents is 1. The summed E-state index contributed by atoms with van der Waals surface area (Å²) in [6, 6.07) is 40.9. The van der Waals surface area contributed by atoms with Crippen LogP contribution in [0.2, 0.25) is 0 Å². The summed E-state index contributed by atoms with van der Waals surface area (Å²) in [5.41, 5.74) is 7.53. The first kappa shape index (κ1) is 31.5. The topological polar surface area (TPSA) is 50.9 Å². The normalized spacial score (nSPS) is 14.2.